The van der Waals surface area contributed by atoms with Gasteiger partial charge in [0.15, 0.2) is 11.5 Å². The minimum Gasteiger partial charge on any atom is -0.461 e. The molecule has 2 aromatic rings. The molecule has 88 valence electrons. The van der Waals surface area contributed by atoms with E-state index >= 15 is 0 Å². The summed E-state index contributed by atoms with van der Waals surface area (Å²) >= 11 is 1.46. The van der Waals surface area contributed by atoms with Crippen LogP contribution in [-0.4, -0.2) is 16.6 Å². The Morgan fingerprint density at radius 1 is 1.35 bits per heavy atom. The third kappa shape index (κ3) is 2.50. The summed E-state index contributed by atoms with van der Waals surface area (Å²) in [6.45, 7) is 3.66. The number of hydrogen-bond donors (Lipinski definition) is 0. The molecule has 0 aliphatic carbocycles. The van der Waals surface area contributed by atoms with Crippen molar-refractivity contribution in [2.24, 2.45) is 0 Å². The molecule has 4 nitrogen and oxygen atoms in total. The molecule has 2 heterocycles. The van der Waals surface area contributed by atoms with Gasteiger partial charge in [-0.2, -0.15) is 0 Å². The van der Waals surface area contributed by atoms with E-state index in [1.54, 1.807) is 12.1 Å². The van der Waals surface area contributed by atoms with Crippen LogP contribution in [0.25, 0.3) is 0 Å². The summed E-state index contributed by atoms with van der Waals surface area (Å²) in [7, 11) is 0. The third-order valence-electron chi connectivity index (χ3n) is 2.28. The van der Waals surface area contributed by atoms with E-state index in [9.17, 15) is 9.59 Å². The first-order valence-electron chi connectivity index (χ1n) is 5.12. The molecule has 17 heavy (non-hydrogen) atoms. The predicted octanol–water partition coefficient (Wildman–Crippen LogP) is 2.81. The van der Waals surface area contributed by atoms with E-state index in [4.69, 9.17) is 4.42 Å². The summed E-state index contributed by atoms with van der Waals surface area (Å²) in [5.41, 5.74) is 0.396. The molecular formula is C12H11NO3S. The number of nitrogens with zero attached hydrogens (tertiary/aromatic N) is 1. The van der Waals surface area contributed by atoms with Crippen LogP contribution < -0.4 is 0 Å². The van der Waals surface area contributed by atoms with Crippen molar-refractivity contribution in [3.8, 4) is 0 Å². The Labute approximate surface area is 102 Å². The number of thiazole rings is 1. The van der Waals surface area contributed by atoms with Crippen molar-refractivity contribution < 1.29 is 14.0 Å². The lowest BCUT2D eigenvalue weighted by Gasteiger charge is -1.96. The summed E-state index contributed by atoms with van der Waals surface area (Å²) in [5, 5.41) is 0.830. The van der Waals surface area contributed by atoms with Gasteiger partial charge in [-0.25, -0.2) is 4.98 Å². The topological polar surface area (TPSA) is 60.2 Å². The van der Waals surface area contributed by atoms with Gasteiger partial charge < -0.3 is 4.42 Å². The van der Waals surface area contributed by atoms with E-state index in [1.807, 2.05) is 13.8 Å². The first kappa shape index (κ1) is 11.7. The van der Waals surface area contributed by atoms with Crippen LogP contribution in [0, 0.1) is 13.8 Å². The summed E-state index contributed by atoms with van der Waals surface area (Å²) in [6.07, 6.45) is 1.22. The number of aryl methyl sites for hydroxylation is 2. The fraction of sp³-hybridized carbons (Fsp3) is 0.250. The summed E-state index contributed by atoms with van der Waals surface area (Å²) < 4.78 is 4.95. The van der Waals surface area contributed by atoms with Crippen molar-refractivity contribution in [3.63, 3.8) is 0 Å². The van der Waals surface area contributed by atoms with Gasteiger partial charge in [0, 0.05) is 4.88 Å². The fourth-order valence-electron chi connectivity index (χ4n) is 1.54. The normalized spacial score (nSPS) is 10.5. The molecule has 5 heteroatoms. The first-order chi connectivity index (χ1) is 8.08. The molecule has 0 aliphatic rings. The van der Waals surface area contributed by atoms with Crippen LogP contribution in [0.4, 0.5) is 0 Å². The zero-order chi connectivity index (χ0) is 12.4. The summed E-state index contributed by atoms with van der Waals surface area (Å²) in [4.78, 5) is 28.5. The van der Waals surface area contributed by atoms with E-state index in [2.05, 4.69) is 4.98 Å². The molecule has 0 aliphatic heterocycles. The summed E-state index contributed by atoms with van der Waals surface area (Å²) in [5.74, 6) is -0.360. The highest BCUT2D eigenvalue weighted by atomic mass is 32.1. The minimum atomic E-state index is -0.315. The first-order valence-corrected chi connectivity index (χ1v) is 5.93. The molecule has 2 aromatic heterocycles. The second-order valence-corrected chi connectivity index (χ2v) is 5.05. The third-order valence-corrected chi connectivity index (χ3v) is 3.17. The zero-order valence-electron chi connectivity index (χ0n) is 9.52. The van der Waals surface area contributed by atoms with Crippen molar-refractivity contribution in [1.82, 2.24) is 4.98 Å². The Hall–Kier alpha value is -1.75. The number of hydrogen-bond acceptors (Lipinski definition) is 5. The lowest BCUT2D eigenvalue weighted by molar-refractivity contribution is 0.0875. The minimum absolute atomic E-state index is 0.197. The number of Topliss-reactive ketones (excluding diaryl/α,β-unsaturated/α-hetero) is 2. The van der Waals surface area contributed by atoms with Gasteiger partial charge in [0.25, 0.3) is 0 Å². The fourth-order valence-corrected chi connectivity index (χ4v) is 2.38. The molecule has 0 radical (unpaired) electrons. The highest BCUT2D eigenvalue weighted by Crippen LogP contribution is 2.18. The van der Waals surface area contributed by atoms with Gasteiger partial charge in [0.05, 0.1) is 17.7 Å². The summed E-state index contributed by atoms with van der Waals surface area (Å²) in [6, 6.07) is 3.17. The molecule has 0 saturated heterocycles. The standard InChI is InChI=1S/C12H11NO3S/c1-7-12(13-8(2)17-7)10(15)6-9(14)11-4-3-5-16-11/h3-5H,6H2,1-2H3. The van der Waals surface area contributed by atoms with Gasteiger partial charge in [-0.1, -0.05) is 0 Å². The molecule has 0 atom stereocenters. The van der Waals surface area contributed by atoms with Crippen LogP contribution >= 0.6 is 11.3 Å². The molecule has 0 aromatic carbocycles. The van der Waals surface area contributed by atoms with Crippen molar-refractivity contribution in [2.45, 2.75) is 20.3 Å². The quantitative estimate of drug-likeness (QED) is 0.617. The van der Waals surface area contributed by atoms with Gasteiger partial charge in [0.1, 0.15) is 5.69 Å². The van der Waals surface area contributed by atoms with Crippen LogP contribution in [0.5, 0.6) is 0 Å². The molecule has 0 bridgehead atoms. The Kier molecular flexibility index (Phi) is 3.19. The van der Waals surface area contributed by atoms with Gasteiger partial charge in [-0.15, -0.1) is 11.3 Å². The number of ketones is 2. The Morgan fingerprint density at radius 2 is 2.12 bits per heavy atom. The lowest BCUT2D eigenvalue weighted by atomic mass is 10.1. The number of carbonyl (C=O) groups excluding carboxylic acids is 2. The second kappa shape index (κ2) is 4.63. The maximum atomic E-state index is 11.9. The number of furan rings is 1. The monoisotopic (exact) mass is 249 g/mol. The van der Waals surface area contributed by atoms with Crippen molar-refractivity contribution >= 4 is 22.9 Å². The van der Waals surface area contributed by atoms with Crippen LogP contribution in [0.15, 0.2) is 22.8 Å². The average molecular weight is 249 g/mol. The van der Waals surface area contributed by atoms with Crippen molar-refractivity contribution in [1.29, 1.82) is 0 Å². The molecule has 2 rings (SSSR count). The van der Waals surface area contributed by atoms with E-state index in [-0.39, 0.29) is 23.7 Å². The van der Waals surface area contributed by atoms with Gasteiger partial charge in [0.2, 0.25) is 5.78 Å². The zero-order valence-corrected chi connectivity index (χ0v) is 10.3. The largest absolute Gasteiger partial charge is 0.461 e. The van der Waals surface area contributed by atoms with Gasteiger partial charge in [-0.05, 0) is 26.0 Å². The Balaban J connectivity index is 2.12. The van der Waals surface area contributed by atoms with Gasteiger partial charge >= 0.3 is 0 Å². The van der Waals surface area contributed by atoms with E-state index in [1.165, 1.54) is 17.6 Å². The van der Waals surface area contributed by atoms with Crippen LogP contribution in [0.2, 0.25) is 0 Å². The van der Waals surface area contributed by atoms with Crippen molar-refractivity contribution in [2.75, 3.05) is 0 Å². The molecular weight excluding hydrogens is 238 g/mol. The molecule has 0 unspecified atom stereocenters. The molecule has 0 amide bonds. The van der Waals surface area contributed by atoms with Crippen LogP contribution in [0.1, 0.15) is 37.3 Å². The number of rotatable bonds is 4. The van der Waals surface area contributed by atoms with Gasteiger partial charge in [-0.3, -0.25) is 9.59 Å². The van der Waals surface area contributed by atoms with E-state index in [0.29, 0.717) is 5.69 Å². The lowest BCUT2D eigenvalue weighted by Crippen LogP contribution is -2.09. The van der Waals surface area contributed by atoms with Crippen LogP contribution in [-0.2, 0) is 0 Å². The number of carbonyl (C=O) groups is 2. The Morgan fingerprint density at radius 3 is 2.65 bits per heavy atom. The molecule has 0 N–H and O–H groups in total. The predicted molar refractivity (Wildman–Crippen MR) is 63.6 cm³/mol. The number of aromatic nitrogens is 1. The maximum absolute atomic E-state index is 11.9. The van der Waals surface area contributed by atoms with Crippen molar-refractivity contribution in [3.05, 3.63) is 39.7 Å². The molecule has 0 fully saturated rings. The SMILES string of the molecule is Cc1nc(C(=O)CC(=O)c2ccco2)c(C)s1. The second-order valence-electron chi connectivity index (χ2n) is 3.64. The maximum Gasteiger partial charge on any atom is 0.205 e. The van der Waals surface area contributed by atoms with E-state index < -0.39 is 0 Å². The average Bonchev–Trinajstić information content (AvgIpc) is 2.87. The Bertz CT molecular complexity index is 554. The highest BCUT2D eigenvalue weighted by molar-refractivity contribution is 7.11. The smallest absolute Gasteiger partial charge is 0.205 e. The molecule has 0 saturated carbocycles. The molecule has 0 spiro atoms. The van der Waals surface area contributed by atoms with E-state index in [0.717, 1.165) is 9.88 Å². The van der Waals surface area contributed by atoms with Crippen LogP contribution in [0.3, 0.4) is 0 Å². The highest BCUT2D eigenvalue weighted by Gasteiger charge is 2.19.